The first-order chi connectivity index (χ1) is 16.0. The lowest BCUT2D eigenvalue weighted by molar-refractivity contribution is -0.139. The maximum Gasteiger partial charge on any atom is 0.341 e. The normalized spacial score (nSPS) is 15.2. The minimum absolute atomic E-state index is 0.131. The van der Waals surface area contributed by atoms with Crippen molar-refractivity contribution in [1.29, 1.82) is 0 Å². The van der Waals surface area contributed by atoms with Gasteiger partial charge in [-0.2, -0.15) is 0 Å². The number of aliphatic carboxylic acids is 1. The maximum absolute atomic E-state index is 13.8. The van der Waals surface area contributed by atoms with Gasteiger partial charge >= 0.3 is 5.97 Å². The first-order valence-corrected chi connectivity index (χ1v) is 10.6. The van der Waals surface area contributed by atoms with E-state index in [4.69, 9.17) is 9.84 Å². The largest absolute Gasteiger partial charge is 0.482 e. The lowest BCUT2D eigenvalue weighted by Gasteiger charge is -2.18. The molecular weight excluding hydrogens is 423 g/mol. The fourth-order valence-electron chi connectivity index (χ4n) is 4.53. The van der Waals surface area contributed by atoms with E-state index in [1.165, 1.54) is 12.1 Å². The molecule has 1 aliphatic heterocycles. The number of hydrogen-bond donors (Lipinski definition) is 2. The van der Waals surface area contributed by atoms with Crippen LogP contribution in [0, 0.1) is 5.82 Å². The molecule has 1 atom stereocenters. The van der Waals surface area contributed by atoms with Crippen molar-refractivity contribution in [2.45, 2.75) is 18.9 Å². The van der Waals surface area contributed by atoms with Crippen molar-refractivity contribution in [3.8, 4) is 5.75 Å². The number of rotatable bonds is 6. The van der Waals surface area contributed by atoms with Gasteiger partial charge in [0.1, 0.15) is 11.6 Å². The number of ether oxygens (including phenoxy) is 1. The molecule has 4 aromatic rings. The molecule has 0 saturated carbocycles. The Morgan fingerprint density at radius 3 is 2.73 bits per heavy atom. The summed E-state index contributed by atoms with van der Waals surface area (Å²) in [5, 5.41) is 13.0. The molecule has 0 bridgehead atoms. The maximum atomic E-state index is 13.8. The molecule has 33 heavy (non-hydrogen) atoms. The SMILES string of the molecule is O=C(O)COc1ccccc1[C@H]1CC(=O)Nc2cccc3c2c1cn3Cc1cccc(F)c1. The molecule has 1 aromatic heterocycles. The average Bonchev–Trinajstić information content (AvgIpc) is 3.08. The van der Waals surface area contributed by atoms with Gasteiger partial charge in [-0.1, -0.05) is 36.4 Å². The van der Waals surface area contributed by atoms with E-state index in [0.29, 0.717) is 12.3 Å². The Morgan fingerprint density at radius 1 is 1.09 bits per heavy atom. The Hall–Kier alpha value is -4.13. The molecule has 5 rings (SSSR count). The Labute approximate surface area is 189 Å². The fourth-order valence-corrected chi connectivity index (χ4v) is 4.53. The van der Waals surface area contributed by atoms with Gasteiger partial charge < -0.3 is 19.7 Å². The highest BCUT2D eigenvalue weighted by Crippen LogP contribution is 2.43. The van der Waals surface area contributed by atoms with E-state index in [1.54, 1.807) is 18.2 Å². The molecule has 166 valence electrons. The van der Waals surface area contributed by atoms with Gasteiger partial charge in [-0.05, 0) is 41.5 Å². The number of aromatic nitrogens is 1. The standard InChI is InChI=1S/C26H21FN2O4/c27-17-6-3-5-16(11-17)13-29-14-20-19(18-7-1-2-10-23(18)33-15-25(31)32)12-24(30)28-21-8-4-9-22(29)26(20)21/h1-11,14,19H,12-13,15H2,(H,28,30)(H,31,32)/t19-/m1/s1. The van der Waals surface area contributed by atoms with Crippen LogP contribution >= 0.6 is 0 Å². The fraction of sp³-hybridized carbons (Fsp3) is 0.154. The minimum Gasteiger partial charge on any atom is -0.482 e. The van der Waals surface area contributed by atoms with Gasteiger partial charge in [-0.25, -0.2) is 9.18 Å². The second-order valence-electron chi connectivity index (χ2n) is 8.07. The quantitative estimate of drug-likeness (QED) is 0.449. The van der Waals surface area contributed by atoms with Crippen LogP contribution in [-0.2, 0) is 16.1 Å². The van der Waals surface area contributed by atoms with Crippen molar-refractivity contribution < 1.29 is 23.8 Å². The molecular formula is C26H21FN2O4. The summed E-state index contributed by atoms with van der Waals surface area (Å²) in [7, 11) is 0. The summed E-state index contributed by atoms with van der Waals surface area (Å²) in [6.07, 6.45) is 2.18. The van der Waals surface area contributed by atoms with Crippen molar-refractivity contribution in [2.75, 3.05) is 11.9 Å². The van der Waals surface area contributed by atoms with Crippen LogP contribution in [0.2, 0.25) is 0 Å². The Kier molecular flexibility index (Phi) is 5.30. The van der Waals surface area contributed by atoms with Crippen LogP contribution in [0.25, 0.3) is 10.9 Å². The Morgan fingerprint density at radius 2 is 1.91 bits per heavy atom. The van der Waals surface area contributed by atoms with Crippen LogP contribution in [0.15, 0.2) is 72.9 Å². The highest BCUT2D eigenvalue weighted by Gasteiger charge is 2.29. The van der Waals surface area contributed by atoms with E-state index in [0.717, 1.165) is 33.3 Å². The van der Waals surface area contributed by atoms with E-state index in [1.807, 2.05) is 47.2 Å². The number of carbonyl (C=O) groups is 2. The lowest BCUT2D eigenvalue weighted by atomic mass is 9.88. The van der Waals surface area contributed by atoms with Crippen LogP contribution in [0.4, 0.5) is 10.1 Å². The molecule has 3 aromatic carbocycles. The van der Waals surface area contributed by atoms with Crippen LogP contribution in [-0.4, -0.2) is 28.2 Å². The van der Waals surface area contributed by atoms with Crippen LogP contribution in [0.3, 0.4) is 0 Å². The highest BCUT2D eigenvalue weighted by atomic mass is 19.1. The summed E-state index contributed by atoms with van der Waals surface area (Å²) in [4.78, 5) is 23.8. The summed E-state index contributed by atoms with van der Waals surface area (Å²) < 4.78 is 21.4. The number of anilines is 1. The number of amides is 1. The van der Waals surface area contributed by atoms with E-state index in [9.17, 15) is 14.0 Å². The molecule has 0 radical (unpaired) electrons. The Balaban J connectivity index is 1.65. The predicted molar refractivity (Wildman–Crippen MR) is 122 cm³/mol. The Bertz CT molecular complexity index is 1380. The molecule has 2 heterocycles. The van der Waals surface area contributed by atoms with Gasteiger partial charge in [0, 0.05) is 36.0 Å². The van der Waals surface area contributed by atoms with Crippen molar-refractivity contribution in [3.63, 3.8) is 0 Å². The monoisotopic (exact) mass is 444 g/mol. The first kappa shape index (κ1) is 20.8. The topological polar surface area (TPSA) is 80.6 Å². The third-order valence-corrected chi connectivity index (χ3v) is 5.86. The molecule has 7 heteroatoms. The third-order valence-electron chi connectivity index (χ3n) is 5.86. The van der Waals surface area contributed by atoms with Crippen molar-refractivity contribution >= 4 is 28.5 Å². The highest BCUT2D eigenvalue weighted by molar-refractivity contribution is 6.06. The van der Waals surface area contributed by atoms with Gasteiger partial charge in [-0.15, -0.1) is 0 Å². The number of carboxylic acid groups (broad SMARTS) is 1. The molecule has 0 aliphatic carbocycles. The number of hydrogen-bond acceptors (Lipinski definition) is 3. The van der Waals surface area contributed by atoms with Crippen molar-refractivity contribution in [3.05, 3.63) is 95.4 Å². The van der Waals surface area contributed by atoms with E-state index in [2.05, 4.69) is 5.32 Å². The molecule has 2 N–H and O–H groups in total. The number of nitrogens with one attached hydrogen (secondary N) is 1. The number of carboxylic acids is 1. The number of carbonyl (C=O) groups excluding carboxylic acids is 1. The number of halogens is 1. The summed E-state index contributed by atoms with van der Waals surface area (Å²) in [5.41, 5.74) is 4.14. The van der Waals surface area contributed by atoms with E-state index >= 15 is 0 Å². The minimum atomic E-state index is -1.07. The van der Waals surface area contributed by atoms with Gasteiger partial charge in [0.05, 0.1) is 11.2 Å². The van der Waals surface area contributed by atoms with Crippen LogP contribution in [0.1, 0.15) is 29.0 Å². The summed E-state index contributed by atoms with van der Waals surface area (Å²) in [6.45, 7) is -0.00193. The molecule has 0 saturated heterocycles. The first-order valence-electron chi connectivity index (χ1n) is 10.6. The van der Waals surface area contributed by atoms with Crippen LogP contribution in [0.5, 0.6) is 5.75 Å². The predicted octanol–water partition coefficient (Wildman–Crippen LogP) is 4.77. The molecule has 1 amide bonds. The number of nitrogens with zero attached hydrogens (tertiary/aromatic N) is 1. The van der Waals surface area contributed by atoms with E-state index < -0.39 is 12.6 Å². The second-order valence-corrected chi connectivity index (χ2v) is 8.07. The second kappa shape index (κ2) is 8.43. The zero-order valence-corrected chi connectivity index (χ0v) is 17.6. The summed E-state index contributed by atoms with van der Waals surface area (Å²) >= 11 is 0. The van der Waals surface area contributed by atoms with Gasteiger partial charge in [0.15, 0.2) is 6.61 Å². The van der Waals surface area contributed by atoms with Gasteiger partial charge in [-0.3, -0.25) is 4.79 Å². The molecule has 0 unspecified atom stereocenters. The smallest absolute Gasteiger partial charge is 0.341 e. The van der Waals surface area contributed by atoms with Gasteiger partial charge in [0.2, 0.25) is 5.91 Å². The van der Waals surface area contributed by atoms with Crippen molar-refractivity contribution in [2.24, 2.45) is 0 Å². The zero-order valence-electron chi connectivity index (χ0n) is 17.6. The zero-order chi connectivity index (χ0) is 22.9. The number of benzene rings is 3. The molecule has 6 nitrogen and oxygen atoms in total. The molecule has 0 spiro atoms. The third kappa shape index (κ3) is 4.05. The summed E-state index contributed by atoms with van der Waals surface area (Å²) in [6, 6.07) is 19.4. The average molecular weight is 444 g/mol. The van der Waals surface area contributed by atoms with Crippen LogP contribution < -0.4 is 10.1 Å². The summed E-state index contributed by atoms with van der Waals surface area (Å²) in [5.74, 6) is -1.40. The lowest BCUT2D eigenvalue weighted by Crippen LogP contribution is -2.15. The number of para-hydroxylation sites is 1. The van der Waals surface area contributed by atoms with E-state index in [-0.39, 0.29) is 24.1 Å². The van der Waals surface area contributed by atoms with Gasteiger partial charge in [0.25, 0.3) is 0 Å². The molecule has 0 fully saturated rings. The molecule has 1 aliphatic rings. The van der Waals surface area contributed by atoms with Crippen molar-refractivity contribution in [1.82, 2.24) is 4.57 Å².